The third-order valence-electron chi connectivity index (χ3n) is 8.95. The number of benzene rings is 6. The number of rotatable bonds is 3. The van der Waals surface area contributed by atoms with Crippen LogP contribution in [0.2, 0.25) is 0 Å². The molecule has 6 aromatic carbocycles. The summed E-state index contributed by atoms with van der Waals surface area (Å²) in [5.74, 6) is 2.00. The highest BCUT2D eigenvalue weighted by Crippen LogP contribution is 2.62. The summed E-state index contributed by atoms with van der Waals surface area (Å²) in [5, 5.41) is 0. The molecule has 0 atom stereocenters. The minimum atomic E-state index is -0.360. The van der Waals surface area contributed by atoms with Crippen LogP contribution in [0.15, 0.2) is 152 Å². The van der Waals surface area contributed by atoms with Gasteiger partial charge in [0.25, 0.3) is 0 Å². The predicted molar refractivity (Wildman–Crippen MR) is 184 cm³/mol. The second-order valence-corrected chi connectivity index (χ2v) is 11.2. The summed E-state index contributed by atoms with van der Waals surface area (Å²) in [6.07, 6.45) is 0. The van der Waals surface area contributed by atoms with Crippen LogP contribution in [0.4, 0.5) is 0 Å². The van der Waals surface area contributed by atoms with Crippen molar-refractivity contribution < 1.29 is 0 Å². The van der Waals surface area contributed by atoms with E-state index in [4.69, 9.17) is 15.0 Å². The fourth-order valence-corrected chi connectivity index (χ4v) is 7.18. The van der Waals surface area contributed by atoms with Gasteiger partial charge in [-0.15, -0.1) is 0 Å². The largest absolute Gasteiger partial charge is 0.208 e. The lowest BCUT2D eigenvalue weighted by atomic mass is 9.70. The molecular formula is C42H31N3. The zero-order valence-corrected chi connectivity index (χ0v) is 25.3. The molecule has 7 aromatic rings. The van der Waals surface area contributed by atoms with E-state index in [-0.39, 0.29) is 5.41 Å². The Morgan fingerprint density at radius 3 is 1.16 bits per heavy atom. The molecule has 0 unspecified atom stereocenters. The van der Waals surface area contributed by atoms with Gasteiger partial charge < -0.3 is 0 Å². The summed E-state index contributed by atoms with van der Waals surface area (Å²) in [6, 6.07) is 53.7. The Morgan fingerprint density at radius 1 is 0.333 bits per heavy atom. The third-order valence-corrected chi connectivity index (χ3v) is 8.95. The minimum absolute atomic E-state index is 0.360. The van der Waals surface area contributed by atoms with Crippen LogP contribution in [0, 0.1) is 0 Å². The molecule has 3 nitrogen and oxygen atoms in total. The summed E-state index contributed by atoms with van der Waals surface area (Å²) >= 11 is 0. The maximum Gasteiger partial charge on any atom is 0.164 e. The Bertz CT molecular complexity index is 2080. The second-order valence-electron chi connectivity index (χ2n) is 11.2. The van der Waals surface area contributed by atoms with Crippen LogP contribution in [0.5, 0.6) is 0 Å². The lowest BCUT2D eigenvalue weighted by Gasteiger charge is -2.30. The van der Waals surface area contributed by atoms with Crippen molar-refractivity contribution in [3.63, 3.8) is 0 Å². The average molecular weight is 578 g/mol. The summed E-state index contributed by atoms with van der Waals surface area (Å²) < 4.78 is 0. The summed E-state index contributed by atoms with van der Waals surface area (Å²) in [7, 11) is 0. The first-order valence-corrected chi connectivity index (χ1v) is 15.6. The fraction of sp³-hybridized carbons (Fsp3) is 0.0714. The highest BCUT2D eigenvalue weighted by molar-refractivity contribution is 5.95. The number of aromatic nitrogens is 3. The van der Waals surface area contributed by atoms with E-state index in [1.165, 1.54) is 44.5 Å². The van der Waals surface area contributed by atoms with Gasteiger partial charge in [-0.25, -0.2) is 15.0 Å². The SMILES string of the molecule is CC.c1ccc(-c2nc(-c3ccccc3)nc(-c3ccc4c(c3)-c3ccccc3C43c4ccccc4-c4ccccc43)n2)cc1. The molecule has 45 heavy (non-hydrogen) atoms. The van der Waals surface area contributed by atoms with Crippen LogP contribution >= 0.6 is 0 Å². The van der Waals surface area contributed by atoms with Gasteiger partial charge in [0.05, 0.1) is 5.41 Å². The van der Waals surface area contributed by atoms with E-state index in [1.54, 1.807) is 0 Å². The van der Waals surface area contributed by atoms with Crippen molar-refractivity contribution >= 4 is 0 Å². The van der Waals surface area contributed by atoms with Crippen LogP contribution in [0.3, 0.4) is 0 Å². The first-order chi connectivity index (χ1) is 22.3. The van der Waals surface area contributed by atoms with Crippen LogP contribution in [0.1, 0.15) is 36.1 Å². The smallest absolute Gasteiger partial charge is 0.164 e. The normalized spacial score (nSPS) is 12.8. The van der Waals surface area contributed by atoms with Crippen molar-refractivity contribution in [1.82, 2.24) is 15.0 Å². The molecular weight excluding hydrogens is 546 g/mol. The zero-order valence-electron chi connectivity index (χ0n) is 25.3. The monoisotopic (exact) mass is 577 g/mol. The van der Waals surface area contributed by atoms with E-state index in [9.17, 15) is 0 Å². The predicted octanol–water partition coefficient (Wildman–Crippen LogP) is 10.2. The van der Waals surface area contributed by atoms with E-state index in [0.717, 1.165) is 16.7 Å². The van der Waals surface area contributed by atoms with E-state index < -0.39 is 0 Å². The van der Waals surface area contributed by atoms with E-state index in [0.29, 0.717) is 17.5 Å². The van der Waals surface area contributed by atoms with Crippen molar-refractivity contribution in [3.8, 4) is 56.4 Å². The van der Waals surface area contributed by atoms with Crippen molar-refractivity contribution in [1.29, 1.82) is 0 Å². The molecule has 1 spiro atoms. The Balaban J connectivity index is 0.00000147. The highest BCUT2D eigenvalue weighted by Gasteiger charge is 2.51. The number of fused-ring (bicyclic) bond motifs is 10. The maximum absolute atomic E-state index is 5.02. The quantitative estimate of drug-likeness (QED) is 0.210. The molecule has 0 amide bonds. The summed E-state index contributed by atoms with van der Waals surface area (Å²) in [4.78, 5) is 14.9. The molecule has 0 saturated carbocycles. The number of hydrogen-bond acceptors (Lipinski definition) is 3. The number of nitrogens with zero attached hydrogens (tertiary/aromatic N) is 3. The third kappa shape index (κ3) is 4.01. The van der Waals surface area contributed by atoms with Gasteiger partial charge in [-0.3, -0.25) is 0 Å². The first kappa shape index (κ1) is 26.9. The summed E-state index contributed by atoms with van der Waals surface area (Å²) in [5.41, 5.74) is 12.9. The van der Waals surface area contributed by atoms with Crippen LogP contribution in [-0.4, -0.2) is 15.0 Å². The van der Waals surface area contributed by atoms with E-state index in [1.807, 2.05) is 74.5 Å². The van der Waals surface area contributed by atoms with Crippen molar-refractivity contribution in [2.45, 2.75) is 19.3 Å². The molecule has 1 heterocycles. The van der Waals surface area contributed by atoms with Gasteiger partial charge in [0.1, 0.15) is 0 Å². The topological polar surface area (TPSA) is 38.7 Å². The molecule has 0 fully saturated rings. The molecule has 9 rings (SSSR count). The molecule has 1 aromatic heterocycles. The van der Waals surface area contributed by atoms with Gasteiger partial charge in [-0.1, -0.05) is 159 Å². The minimum Gasteiger partial charge on any atom is -0.208 e. The van der Waals surface area contributed by atoms with Gasteiger partial charge >= 0.3 is 0 Å². The fourth-order valence-electron chi connectivity index (χ4n) is 7.18. The van der Waals surface area contributed by atoms with Crippen molar-refractivity contribution in [2.24, 2.45) is 0 Å². The van der Waals surface area contributed by atoms with Crippen LogP contribution in [0.25, 0.3) is 56.4 Å². The lowest BCUT2D eigenvalue weighted by molar-refractivity contribution is 0.794. The van der Waals surface area contributed by atoms with Gasteiger partial charge in [-0.05, 0) is 50.6 Å². The second kappa shape index (κ2) is 10.8. The molecule has 3 heteroatoms. The standard InChI is InChI=1S/C40H25N3.C2H6/c1-3-13-26(14-4-1)37-41-38(27-15-5-2-6-16-27)43-39(42-37)28-23-24-36-32(25-28)31-19-9-12-22-35(31)40(36)33-20-10-7-17-29(33)30-18-8-11-21-34(30)40;1-2/h1-25H;1-2H3. The molecule has 0 saturated heterocycles. The Kier molecular flexibility index (Phi) is 6.46. The Hall–Kier alpha value is -5.67. The first-order valence-electron chi connectivity index (χ1n) is 15.6. The molecule has 214 valence electrons. The van der Waals surface area contributed by atoms with Gasteiger partial charge in [-0.2, -0.15) is 0 Å². The van der Waals surface area contributed by atoms with E-state index in [2.05, 4.69) is 91.0 Å². The molecule has 0 radical (unpaired) electrons. The Labute approximate surface area is 264 Å². The summed E-state index contributed by atoms with van der Waals surface area (Å²) in [6.45, 7) is 4.00. The van der Waals surface area contributed by atoms with Gasteiger partial charge in [0.2, 0.25) is 0 Å². The molecule has 0 bridgehead atoms. The lowest BCUT2D eigenvalue weighted by Crippen LogP contribution is -2.25. The zero-order chi connectivity index (χ0) is 30.4. The van der Waals surface area contributed by atoms with E-state index >= 15 is 0 Å². The van der Waals surface area contributed by atoms with Gasteiger partial charge in [0, 0.05) is 16.7 Å². The van der Waals surface area contributed by atoms with Crippen LogP contribution in [-0.2, 0) is 5.41 Å². The highest BCUT2D eigenvalue weighted by atomic mass is 15.0. The van der Waals surface area contributed by atoms with Crippen molar-refractivity contribution in [2.75, 3.05) is 0 Å². The average Bonchev–Trinajstić information content (AvgIpc) is 3.60. The van der Waals surface area contributed by atoms with Crippen molar-refractivity contribution in [3.05, 3.63) is 174 Å². The number of hydrogen-bond donors (Lipinski definition) is 0. The maximum atomic E-state index is 5.02. The Morgan fingerprint density at radius 2 is 0.689 bits per heavy atom. The van der Waals surface area contributed by atoms with Crippen LogP contribution < -0.4 is 0 Å². The molecule has 2 aliphatic carbocycles. The molecule has 0 N–H and O–H groups in total. The van der Waals surface area contributed by atoms with Gasteiger partial charge in [0.15, 0.2) is 17.5 Å². The molecule has 2 aliphatic rings. The molecule has 0 aliphatic heterocycles.